The van der Waals surface area contributed by atoms with E-state index in [-0.39, 0.29) is 11.7 Å². The van der Waals surface area contributed by atoms with Crippen LogP contribution in [0.3, 0.4) is 0 Å². The summed E-state index contributed by atoms with van der Waals surface area (Å²) < 4.78 is 5.78. The Labute approximate surface area is 86.1 Å². The van der Waals surface area contributed by atoms with E-state index in [0.29, 0.717) is 5.96 Å². The van der Waals surface area contributed by atoms with Crippen LogP contribution in [-0.2, 0) is 4.74 Å². The van der Waals surface area contributed by atoms with Gasteiger partial charge in [-0.05, 0) is 27.7 Å². The standard InChI is InChI=1S/C10H21N3O/c1-5-12-9(11)13-6-8(2)14-10(3,4)7-13/h8H,5-7H2,1-4H3,(H2,11,12). The molecule has 0 aromatic rings. The molecule has 82 valence electrons. The molecule has 1 saturated heterocycles. The summed E-state index contributed by atoms with van der Waals surface area (Å²) in [7, 11) is 0. The molecule has 0 saturated carbocycles. The number of ether oxygens (including phenoxy) is 1. The number of nitrogens with zero attached hydrogens (tertiary/aromatic N) is 2. The topological polar surface area (TPSA) is 50.8 Å². The summed E-state index contributed by atoms with van der Waals surface area (Å²) in [5, 5.41) is 0. The third-order valence-corrected chi connectivity index (χ3v) is 2.21. The average molecular weight is 199 g/mol. The SMILES string of the molecule is CCN=C(N)N1CC(C)OC(C)(C)C1. The maximum atomic E-state index is 5.86. The second-order valence-electron chi connectivity index (χ2n) is 4.40. The molecule has 0 amide bonds. The van der Waals surface area contributed by atoms with Crippen molar-refractivity contribution in [3.05, 3.63) is 0 Å². The molecule has 1 atom stereocenters. The Morgan fingerprint density at radius 1 is 1.64 bits per heavy atom. The van der Waals surface area contributed by atoms with E-state index in [9.17, 15) is 0 Å². The number of rotatable bonds is 1. The Hall–Kier alpha value is -0.770. The highest BCUT2D eigenvalue weighted by molar-refractivity contribution is 5.78. The van der Waals surface area contributed by atoms with Crippen LogP contribution in [-0.4, -0.2) is 42.2 Å². The molecule has 4 nitrogen and oxygen atoms in total. The van der Waals surface area contributed by atoms with Crippen LogP contribution in [0.25, 0.3) is 0 Å². The largest absolute Gasteiger partial charge is 0.370 e. The number of morpholine rings is 1. The van der Waals surface area contributed by atoms with Crippen LogP contribution in [0.15, 0.2) is 4.99 Å². The van der Waals surface area contributed by atoms with Crippen molar-refractivity contribution < 1.29 is 4.74 Å². The molecule has 0 radical (unpaired) electrons. The normalized spacial score (nSPS) is 27.9. The number of hydrogen-bond donors (Lipinski definition) is 1. The first-order valence-corrected chi connectivity index (χ1v) is 5.17. The van der Waals surface area contributed by atoms with Crippen molar-refractivity contribution in [3.8, 4) is 0 Å². The van der Waals surface area contributed by atoms with Gasteiger partial charge in [0.2, 0.25) is 0 Å². The molecule has 0 aromatic carbocycles. The second kappa shape index (κ2) is 4.17. The van der Waals surface area contributed by atoms with E-state index in [1.165, 1.54) is 0 Å². The van der Waals surface area contributed by atoms with E-state index < -0.39 is 0 Å². The number of hydrogen-bond acceptors (Lipinski definition) is 2. The molecule has 1 rings (SSSR count). The number of nitrogens with two attached hydrogens (primary N) is 1. The fourth-order valence-electron chi connectivity index (χ4n) is 1.89. The van der Waals surface area contributed by atoms with Gasteiger partial charge >= 0.3 is 0 Å². The zero-order valence-electron chi connectivity index (χ0n) is 9.58. The third kappa shape index (κ3) is 2.87. The molecule has 1 fully saturated rings. The van der Waals surface area contributed by atoms with Gasteiger partial charge in [0.25, 0.3) is 0 Å². The summed E-state index contributed by atoms with van der Waals surface area (Å²) in [5.41, 5.74) is 5.73. The maximum absolute atomic E-state index is 5.86. The summed E-state index contributed by atoms with van der Waals surface area (Å²) >= 11 is 0. The van der Waals surface area contributed by atoms with Gasteiger partial charge < -0.3 is 15.4 Å². The molecule has 0 aliphatic carbocycles. The lowest BCUT2D eigenvalue weighted by atomic mass is 10.1. The molecule has 14 heavy (non-hydrogen) atoms. The molecule has 0 spiro atoms. The number of guanidine groups is 1. The van der Waals surface area contributed by atoms with Gasteiger partial charge in [-0.15, -0.1) is 0 Å². The van der Waals surface area contributed by atoms with E-state index in [1.54, 1.807) is 0 Å². The Bertz CT molecular complexity index is 225. The van der Waals surface area contributed by atoms with Gasteiger partial charge in [0, 0.05) is 19.6 Å². The summed E-state index contributed by atoms with van der Waals surface area (Å²) in [6.45, 7) is 10.6. The summed E-state index contributed by atoms with van der Waals surface area (Å²) in [5.74, 6) is 0.635. The van der Waals surface area contributed by atoms with Gasteiger partial charge in [-0.25, -0.2) is 0 Å². The minimum atomic E-state index is -0.133. The summed E-state index contributed by atoms with van der Waals surface area (Å²) in [6, 6.07) is 0. The van der Waals surface area contributed by atoms with E-state index in [1.807, 2.05) is 6.92 Å². The minimum absolute atomic E-state index is 0.133. The molecule has 1 aliphatic rings. The van der Waals surface area contributed by atoms with Crippen LogP contribution >= 0.6 is 0 Å². The van der Waals surface area contributed by atoms with Gasteiger partial charge in [0.15, 0.2) is 5.96 Å². The van der Waals surface area contributed by atoms with Gasteiger partial charge in [-0.3, -0.25) is 4.99 Å². The van der Waals surface area contributed by atoms with Crippen LogP contribution < -0.4 is 5.73 Å². The highest BCUT2D eigenvalue weighted by Gasteiger charge is 2.31. The first kappa shape index (κ1) is 11.3. The first-order valence-electron chi connectivity index (χ1n) is 5.17. The molecule has 1 aliphatic heterocycles. The number of aliphatic imine (C=N–C) groups is 1. The Morgan fingerprint density at radius 3 is 2.79 bits per heavy atom. The van der Waals surface area contributed by atoms with Gasteiger partial charge in [0.1, 0.15) is 0 Å². The molecular formula is C10H21N3O. The molecule has 1 unspecified atom stereocenters. The summed E-state index contributed by atoms with van der Waals surface area (Å²) in [4.78, 5) is 6.31. The molecule has 0 aromatic heterocycles. The summed E-state index contributed by atoms with van der Waals surface area (Å²) in [6.07, 6.45) is 0.212. The fraction of sp³-hybridized carbons (Fsp3) is 0.900. The van der Waals surface area contributed by atoms with Crippen LogP contribution in [0, 0.1) is 0 Å². The van der Waals surface area contributed by atoms with Crippen molar-refractivity contribution in [1.82, 2.24) is 4.90 Å². The van der Waals surface area contributed by atoms with E-state index in [0.717, 1.165) is 19.6 Å². The Kier molecular flexibility index (Phi) is 3.37. The average Bonchev–Trinajstić information content (AvgIpc) is 2.00. The zero-order chi connectivity index (χ0) is 10.8. The van der Waals surface area contributed by atoms with Gasteiger partial charge in [-0.2, -0.15) is 0 Å². The Morgan fingerprint density at radius 2 is 2.29 bits per heavy atom. The highest BCUT2D eigenvalue weighted by atomic mass is 16.5. The van der Waals surface area contributed by atoms with E-state index in [4.69, 9.17) is 10.5 Å². The first-order chi connectivity index (χ1) is 6.44. The van der Waals surface area contributed by atoms with Crippen LogP contribution in [0.5, 0.6) is 0 Å². The molecular weight excluding hydrogens is 178 g/mol. The monoisotopic (exact) mass is 199 g/mol. The fourth-order valence-corrected chi connectivity index (χ4v) is 1.89. The van der Waals surface area contributed by atoms with Crippen LogP contribution in [0.4, 0.5) is 0 Å². The quantitative estimate of drug-likeness (QED) is 0.502. The van der Waals surface area contributed by atoms with Crippen LogP contribution in [0.2, 0.25) is 0 Å². The van der Waals surface area contributed by atoms with Gasteiger partial charge in [0.05, 0.1) is 11.7 Å². The zero-order valence-corrected chi connectivity index (χ0v) is 9.58. The lowest BCUT2D eigenvalue weighted by Gasteiger charge is -2.42. The predicted molar refractivity (Wildman–Crippen MR) is 58.4 cm³/mol. The van der Waals surface area contributed by atoms with Crippen LogP contribution in [0.1, 0.15) is 27.7 Å². The van der Waals surface area contributed by atoms with Crippen molar-refractivity contribution in [2.45, 2.75) is 39.4 Å². The van der Waals surface area contributed by atoms with Gasteiger partial charge in [-0.1, -0.05) is 0 Å². The smallest absolute Gasteiger partial charge is 0.191 e. The Balaban J connectivity index is 2.67. The molecule has 1 heterocycles. The van der Waals surface area contributed by atoms with Crippen molar-refractivity contribution in [3.63, 3.8) is 0 Å². The highest BCUT2D eigenvalue weighted by Crippen LogP contribution is 2.20. The molecule has 2 N–H and O–H groups in total. The third-order valence-electron chi connectivity index (χ3n) is 2.21. The minimum Gasteiger partial charge on any atom is -0.370 e. The van der Waals surface area contributed by atoms with Crippen molar-refractivity contribution in [1.29, 1.82) is 0 Å². The second-order valence-corrected chi connectivity index (χ2v) is 4.40. The molecule has 0 bridgehead atoms. The lowest BCUT2D eigenvalue weighted by Crippen LogP contribution is -2.55. The van der Waals surface area contributed by atoms with Crippen molar-refractivity contribution in [2.24, 2.45) is 10.7 Å². The maximum Gasteiger partial charge on any atom is 0.191 e. The van der Waals surface area contributed by atoms with Crippen molar-refractivity contribution >= 4 is 5.96 Å². The lowest BCUT2D eigenvalue weighted by molar-refractivity contribution is -0.113. The predicted octanol–water partition coefficient (Wildman–Crippen LogP) is 0.820. The van der Waals surface area contributed by atoms with E-state index in [2.05, 4.69) is 30.7 Å². The molecule has 4 heteroatoms. The van der Waals surface area contributed by atoms with E-state index >= 15 is 0 Å². The van der Waals surface area contributed by atoms with Crippen molar-refractivity contribution in [2.75, 3.05) is 19.6 Å².